The number of alkyl halides is 3. The Morgan fingerprint density at radius 1 is 1.03 bits per heavy atom. The zero-order chi connectivity index (χ0) is 21.9. The maximum Gasteiger partial charge on any atom is 0.418 e. The number of urea groups is 1. The normalized spacial score (nSPS) is 15.8. The highest BCUT2D eigenvalue weighted by Crippen LogP contribution is 2.34. The number of amides is 2. The second-order valence-corrected chi connectivity index (χ2v) is 8.88. The molecule has 2 amide bonds. The van der Waals surface area contributed by atoms with Crippen LogP contribution in [0.15, 0.2) is 53.4 Å². The Hall–Kier alpha value is -2.59. The summed E-state index contributed by atoms with van der Waals surface area (Å²) in [5.41, 5.74) is -0.281. The summed E-state index contributed by atoms with van der Waals surface area (Å²) in [7, 11) is -3.68. The molecule has 0 aliphatic carbocycles. The molecule has 1 saturated heterocycles. The fourth-order valence-electron chi connectivity index (χ4n) is 3.24. The van der Waals surface area contributed by atoms with Crippen molar-refractivity contribution in [3.63, 3.8) is 0 Å². The van der Waals surface area contributed by atoms with E-state index in [2.05, 4.69) is 10.0 Å². The van der Waals surface area contributed by atoms with Crippen LogP contribution in [0.25, 0.3) is 0 Å². The number of benzene rings is 2. The first-order valence-electron chi connectivity index (χ1n) is 9.37. The van der Waals surface area contributed by atoms with Gasteiger partial charge in [0.1, 0.15) is 0 Å². The van der Waals surface area contributed by atoms with Gasteiger partial charge in [-0.2, -0.15) is 13.2 Å². The zero-order valence-electron chi connectivity index (χ0n) is 16.2. The van der Waals surface area contributed by atoms with Gasteiger partial charge >= 0.3 is 12.2 Å². The minimum absolute atomic E-state index is 0.164. The van der Waals surface area contributed by atoms with Crippen LogP contribution in [-0.4, -0.2) is 38.5 Å². The second kappa shape index (κ2) is 8.65. The van der Waals surface area contributed by atoms with Gasteiger partial charge in [0.15, 0.2) is 0 Å². The molecule has 0 saturated carbocycles. The summed E-state index contributed by atoms with van der Waals surface area (Å²) >= 11 is 0. The second-order valence-electron chi connectivity index (χ2n) is 7.17. The van der Waals surface area contributed by atoms with E-state index in [-0.39, 0.29) is 29.7 Å². The van der Waals surface area contributed by atoms with E-state index in [1.807, 2.05) is 6.92 Å². The maximum absolute atomic E-state index is 13.1. The third kappa shape index (κ3) is 5.31. The average molecular weight is 441 g/mol. The van der Waals surface area contributed by atoms with Gasteiger partial charge in [-0.15, -0.1) is 0 Å². The van der Waals surface area contributed by atoms with Crippen molar-refractivity contribution in [3.8, 4) is 0 Å². The monoisotopic (exact) mass is 441 g/mol. The van der Waals surface area contributed by atoms with Crippen molar-refractivity contribution >= 4 is 21.7 Å². The van der Waals surface area contributed by atoms with Crippen LogP contribution in [0.3, 0.4) is 0 Å². The average Bonchev–Trinajstić information content (AvgIpc) is 2.68. The maximum atomic E-state index is 13.1. The first-order chi connectivity index (χ1) is 14.1. The molecule has 30 heavy (non-hydrogen) atoms. The molecule has 1 aliphatic rings. The van der Waals surface area contributed by atoms with Crippen LogP contribution >= 0.6 is 0 Å². The number of halogens is 3. The quantitative estimate of drug-likeness (QED) is 0.753. The van der Waals surface area contributed by atoms with Crippen LogP contribution in [0.5, 0.6) is 0 Å². The zero-order valence-corrected chi connectivity index (χ0v) is 17.1. The highest BCUT2D eigenvalue weighted by molar-refractivity contribution is 7.89. The predicted molar refractivity (Wildman–Crippen MR) is 107 cm³/mol. The van der Waals surface area contributed by atoms with Crippen LogP contribution in [0.2, 0.25) is 0 Å². The lowest BCUT2D eigenvalue weighted by Crippen LogP contribution is -2.47. The van der Waals surface area contributed by atoms with Crippen LogP contribution in [0, 0.1) is 6.92 Å². The Kier molecular flexibility index (Phi) is 6.37. The molecule has 0 spiro atoms. The van der Waals surface area contributed by atoms with Gasteiger partial charge in [-0.25, -0.2) is 17.9 Å². The van der Waals surface area contributed by atoms with Gasteiger partial charge in [-0.05, 0) is 44.0 Å². The number of carbonyl (C=O) groups is 1. The number of rotatable bonds is 4. The van der Waals surface area contributed by atoms with Gasteiger partial charge in [0.05, 0.1) is 16.1 Å². The van der Waals surface area contributed by atoms with E-state index in [4.69, 9.17) is 0 Å². The third-order valence-electron chi connectivity index (χ3n) is 4.91. The lowest BCUT2D eigenvalue weighted by Gasteiger charge is -2.32. The number of nitrogens with zero attached hydrogens (tertiary/aromatic N) is 1. The molecule has 3 rings (SSSR count). The molecule has 1 fully saturated rings. The SMILES string of the molecule is Cc1ccc(S(=O)(=O)NC2CCN(C(=O)Nc3ccccc3C(F)(F)F)CC2)cc1. The molecular weight excluding hydrogens is 419 g/mol. The fourth-order valence-corrected chi connectivity index (χ4v) is 4.54. The molecule has 1 aliphatic heterocycles. The molecule has 0 bridgehead atoms. The smallest absolute Gasteiger partial charge is 0.324 e. The third-order valence-corrected chi connectivity index (χ3v) is 6.45. The van der Waals surface area contributed by atoms with E-state index in [1.165, 1.54) is 35.2 Å². The summed E-state index contributed by atoms with van der Waals surface area (Å²) < 4.78 is 66.9. The number of piperidine rings is 1. The van der Waals surface area contributed by atoms with E-state index in [0.717, 1.165) is 11.6 Å². The lowest BCUT2D eigenvalue weighted by atomic mass is 10.1. The van der Waals surface area contributed by atoms with E-state index in [1.54, 1.807) is 12.1 Å². The molecule has 0 radical (unpaired) electrons. The molecule has 0 aromatic heterocycles. The van der Waals surface area contributed by atoms with Crippen molar-refractivity contribution in [2.75, 3.05) is 18.4 Å². The van der Waals surface area contributed by atoms with E-state index in [0.29, 0.717) is 12.8 Å². The summed E-state index contributed by atoms with van der Waals surface area (Å²) in [5, 5.41) is 2.31. The molecule has 2 N–H and O–H groups in total. The summed E-state index contributed by atoms with van der Waals surface area (Å²) in [6, 6.07) is 10.2. The number of hydrogen-bond acceptors (Lipinski definition) is 3. The summed E-state index contributed by atoms with van der Waals surface area (Å²) in [6.45, 7) is 2.31. The Morgan fingerprint density at radius 3 is 2.23 bits per heavy atom. The van der Waals surface area contributed by atoms with Gasteiger partial charge < -0.3 is 10.2 Å². The van der Waals surface area contributed by atoms with Crippen molar-refractivity contribution < 1.29 is 26.4 Å². The number of likely N-dealkylation sites (tertiary alicyclic amines) is 1. The minimum atomic E-state index is -4.58. The van der Waals surface area contributed by atoms with E-state index < -0.39 is 27.8 Å². The lowest BCUT2D eigenvalue weighted by molar-refractivity contribution is -0.136. The van der Waals surface area contributed by atoms with Crippen LogP contribution in [-0.2, 0) is 16.2 Å². The summed E-state index contributed by atoms with van der Waals surface area (Å²) in [5.74, 6) is 0. The Morgan fingerprint density at radius 2 is 1.63 bits per heavy atom. The standard InChI is InChI=1S/C20H22F3N3O3S/c1-14-6-8-16(9-7-14)30(28,29)25-15-10-12-26(13-11-15)19(27)24-18-5-3-2-4-17(18)20(21,22)23/h2-9,15,25H,10-13H2,1H3,(H,24,27). The van der Waals surface area contributed by atoms with Crippen molar-refractivity contribution in [2.45, 2.75) is 36.9 Å². The van der Waals surface area contributed by atoms with Crippen molar-refractivity contribution in [1.82, 2.24) is 9.62 Å². The number of hydrogen-bond donors (Lipinski definition) is 2. The molecule has 162 valence electrons. The van der Waals surface area contributed by atoms with Crippen molar-refractivity contribution in [1.29, 1.82) is 0 Å². The fraction of sp³-hybridized carbons (Fsp3) is 0.350. The van der Waals surface area contributed by atoms with E-state index >= 15 is 0 Å². The van der Waals surface area contributed by atoms with Gasteiger partial charge in [0.2, 0.25) is 10.0 Å². The topological polar surface area (TPSA) is 78.5 Å². The summed E-state index contributed by atoms with van der Waals surface area (Å²) in [6.07, 6.45) is -3.86. The number of nitrogens with one attached hydrogen (secondary N) is 2. The Balaban J connectivity index is 1.58. The highest BCUT2D eigenvalue weighted by atomic mass is 32.2. The van der Waals surface area contributed by atoms with E-state index in [9.17, 15) is 26.4 Å². The van der Waals surface area contributed by atoms with Gasteiger partial charge in [0.25, 0.3) is 0 Å². The number of para-hydroxylation sites is 1. The molecule has 2 aromatic carbocycles. The van der Waals surface area contributed by atoms with Gasteiger partial charge in [-0.3, -0.25) is 0 Å². The minimum Gasteiger partial charge on any atom is -0.324 e. The van der Waals surface area contributed by atoms with Gasteiger partial charge in [-0.1, -0.05) is 29.8 Å². The molecule has 6 nitrogen and oxygen atoms in total. The predicted octanol–water partition coefficient (Wildman–Crippen LogP) is 3.99. The molecular formula is C20H22F3N3O3S. The van der Waals surface area contributed by atoms with Crippen molar-refractivity contribution in [3.05, 3.63) is 59.7 Å². The molecule has 0 atom stereocenters. The van der Waals surface area contributed by atoms with Gasteiger partial charge in [0, 0.05) is 19.1 Å². The van der Waals surface area contributed by atoms with Crippen molar-refractivity contribution in [2.24, 2.45) is 0 Å². The van der Waals surface area contributed by atoms with Crippen LogP contribution in [0.4, 0.5) is 23.7 Å². The molecule has 10 heteroatoms. The Bertz CT molecular complexity index is 1000. The molecule has 0 unspecified atom stereocenters. The first-order valence-corrected chi connectivity index (χ1v) is 10.9. The highest BCUT2D eigenvalue weighted by Gasteiger charge is 2.34. The number of anilines is 1. The molecule has 1 heterocycles. The van der Waals surface area contributed by atoms with Crippen LogP contribution < -0.4 is 10.0 Å². The first kappa shape index (κ1) is 22.1. The summed E-state index contributed by atoms with van der Waals surface area (Å²) in [4.78, 5) is 13.9. The Labute approximate surface area is 173 Å². The number of aryl methyl sites for hydroxylation is 1. The number of carbonyl (C=O) groups excluding carboxylic acids is 1. The largest absolute Gasteiger partial charge is 0.418 e. The van der Waals surface area contributed by atoms with Crippen LogP contribution in [0.1, 0.15) is 24.0 Å². The molecule has 2 aromatic rings. The number of sulfonamides is 1.